The normalized spacial score (nSPS) is 21.2. The van der Waals surface area contributed by atoms with Crippen molar-refractivity contribution in [2.24, 2.45) is 0 Å². The zero-order valence-electron chi connectivity index (χ0n) is 9.20. The molecule has 16 heavy (non-hydrogen) atoms. The van der Waals surface area contributed by atoms with Gasteiger partial charge in [0.1, 0.15) is 17.1 Å². The van der Waals surface area contributed by atoms with Crippen LogP contribution in [0.1, 0.15) is 12.8 Å². The highest BCUT2D eigenvalue weighted by molar-refractivity contribution is 5.86. The number of nitrogens with zero attached hydrogens (tertiary/aromatic N) is 2. The van der Waals surface area contributed by atoms with E-state index in [0.29, 0.717) is 0 Å². The number of likely N-dealkylation sites (N-methyl/N-ethyl adjacent to an activating group) is 1. The number of hydrogen-bond donors (Lipinski definition) is 2. The average molecular weight is 222 g/mol. The van der Waals surface area contributed by atoms with Crippen LogP contribution in [0.2, 0.25) is 0 Å². The van der Waals surface area contributed by atoms with E-state index in [1.165, 1.54) is 22.9 Å². The van der Waals surface area contributed by atoms with Gasteiger partial charge in [0.2, 0.25) is 0 Å². The molecule has 1 aliphatic heterocycles. The fourth-order valence-corrected chi connectivity index (χ4v) is 2.09. The molecule has 2 N–H and O–H groups in total. The Balaban J connectivity index is 2.33. The standard InChI is InChI=1S/C11H15FN4/c1-15-6-2-3-9(15)11(14)16-7-8(12)4-5-10(16)13/h4-5,7,9,13-14H,2-3,6H2,1H3/t9-/m0/s1. The minimum atomic E-state index is -0.415. The van der Waals surface area contributed by atoms with Gasteiger partial charge in [-0.05, 0) is 38.6 Å². The van der Waals surface area contributed by atoms with Gasteiger partial charge in [0.25, 0.3) is 0 Å². The quantitative estimate of drug-likeness (QED) is 0.541. The van der Waals surface area contributed by atoms with Crippen molar-refractivity contribution in [3.63, 3.8) is 0 Å². The maximum atomic E-state index is 13.1. The molecule has 5 heteroatoms. The van der Waals surface area contributed by atoms with Crippen LogP contribution in [0.15, 0.2) is 18.3 Å². The summed E-state index contributed by atoms with van der Waals surface area (Å²) in [5.74, 6) is -0.133. The first-order valence-corrected chi connectivity index (χ1v) is 5.31. The van der Waals surface area contributed by atoms with Crippen LogP contribution in [0.4, 0.5) is 4.39 Å². The molecular formula is C11H15FN4. The highest BCUT2D eigenvalue weighted by atomic mass is 19.1. The molecule has 0 amide bonds. The van der Waals surface area contributed by atoms with Crippen molar-refractivity contribution in [2.75, 3.05) is 13.6 Å². The first-order chi connectivity index (χ1) is 7.59. The molecular weight excluding hydrogens is 207 g/mol. The number of rotatable bonds is 1. The molecule has 0 bridgehead atoms. The van der Waals surface area contributed by atoms with Gasteiger partial charge in [-0.3, -0.25) is 20.3 Å². The first kappa shape index (κ1) is 11.0. The fourth-order valence-electron chi connectivity index (χ4n) is 2.09. The third-order valence-corrected chi connectivity index (χ3v) is 3.01. The maximum absolute atomic E-state index is 13.1. The van der Waals surface area contributed by atoms with E-state index in [9.17, 15) is 4.39 Å². The SMILES string of the molecule is CN1CCC[C@H]1C(=N)n1cc(F)ccc1=N. The summed E-state index contributed by atoms with van der Waals surface area (Å²) in [7, 11) is 1.95. The molecule has 0 aliphatic carbocycles. The molecule has 1 aromatic rings. The van der Waals surface area contributed by atoms with Crippen LogP contribution in [0.25, 0.3) is 0 Å². The van der Waals surface area contributed by atoms with Crippen LogP contribution in [0.3, 0.4) is 0 Å². The van der Waals surface area contributed by atoms with Gasteiger partial charge in [0, 0.05) is 6.20 Å². The average Bonchev–Trinajstić information content (AvgIpc) is 2.67. The Kier molecular flexibility index (Phi) is 2.87. The Morgan fingerprint density at radius 1 is 1.50 bits per heavy atom. The Bertz CT molecular complexity index is 465. The third-order valence-electron chi connectivity index (χ3n) is 3.01. The van der Waals surface area contributed by atoms with Crippen LogP contribution in [-0.4, -0.2) is 34.9 Å². The highest BCUT2D eigenvalue weighted by Gasteiger charge is 2.26. The van der Waals surface area contributed by atoms with Crippen molar-refractivity contribution < 1.29 is 4.39 Å². The van der Waals surface area contributed by atoms with E-state index in [2.05, 4.69) is 4.90 Å². The third kappa shape index (κ3) is 1.90. The van der Waals surface area contributed by atoms with Crippen molar-refractivity contribution in [3.05, 3.63) is 29.6 Å². The molecule has 2 rings (SSSR count). The number of nitrogens with one attached hydrogen (secondary N) is 2. The van der Waals surface area contributed by atoms with E-state index in [-0.39, 0.29) is 17.4 Å². The van der Waals surface area contributed by atoms with Crippen LogP contribution >= 0.6 is 0 Å². The molecule has 4 nitrogen and oxygen atoms in total. The molecule has 1 fully saturated rings. The molecule has 0 aromatic carbocycles. The Morgan fingerprint density at radius 2 is 2.25 bits per heavy atom. The zero-order valence-corrected chi connectivity index (χ0v) is 9.20. The second kappa shape index (κ2) is 4.17. The Morgan fingerprint density at radius 3 is 2.88 bits per heavy atom. The summed E-state index contributed by atoms with van der Waals surface area (Å²) in [5.41, 5.74) is 0.145. The van der Waals surface area contributed by atoms with Crippen molar-refractivity contribution in [2.45, 2.75) is 18.9 Å². The molecule has 2 heterocycles. The van der Waals surface area contributed by atoms with E-state index in [4.69, 9.17) is 10.8 Å². The van der Waals surface area contributed by atoms with Gasteiger partial charge in [-0.1, -0.05) is 0 Å². The lowest BCUT2D eigenvalue weighted by molar-refractivity contribution is 0.366. The lowest BCUT2D eigenvalue weighted by Gasteiger charge is -2.21. The summed E-state index contributed by atoms with van der Waals surface area (Å²) in [6.45, 7) is 0.955. The predicted octanol–water partition coefficient (Wildman–Crippen LogP) is 1.03. The van der Waals surface area contributed by atoms with Crippen LogP contribution in [0, 0.1) is 16.6 Å². The van der Waals surface area contributed by atoms with Crippen LogP contribution in [-0.2, 0) is 0 Å². The molecule has 0 saturated carbocycles. The van der Waals surface area contributed by atoms with Gasteiger partial charge in [-0.2, -0.15) is 0 Å². The van der Waals surface area contributed by atoms with Gasteiger partial charge in [-0.15, -0.1) is 0 Å². The highest BCUT2D eigenvalue weighted by Crippen LogP contribution is 2.15. The van der Waals surface area contributed by atoms with Gasteiger partial charge in [0.15, 0.2) is 0 Å². The molecule has 1 aromatic heterocycles. The van der Waals surface area contributed by atoms with Crippen molar-refractivity contribution in [3.8, 4) is 0 Å². The predicted molar refractivity (Wildman–Crippen MR) is 59.0 cm³/mol. The van der Waals surface area contributed by atoms with Gasteiger partial charge in [0.05, 0.1) is 6.04 Å². The number of hydrogen-bond acceptors (Lipinski definition) is 3. The lowest BCUT2D eigenvalue weighted by Crippen LogP contribution is -2.40. The smallest absolute Gasteiger partial charge is 0.140 e. The van der Waals surface area contributed by atoms with Gasteiger partial charge >= 0.3 is 0 Å². The van der Waals surface area contributed by atoms with Crippen LogP contribution in [0.5, 0.6) is 0 Å². The van der Waals surface area contributed by atoms with E-state index in [1.54, 1.807) is 0 Å². The van der Waals surface area contributed by atoms with E-state index in [0.717, 1.165) is 19.4 Å². The summed E-state index contributed by atoms with van der Waals surface area (Å²) >= 11 is 0. The fraction of sp³-hybridized carbons (Fsp3) is 0.455. The molecule has 1 saturated heterocycles. The maximum Gasteiger partial charge on any atom is 0.140 e. The topological polar surface area (TPSA) is 55.9 Å². The summed E-state index contributed by atoms with van der Waals surface area (Å²) in [5, 5.41) is 15.7. The lowest BCUT2D eigenvalue weighted by atomic mass is 10.2. The van der Waals surface area contributed by atoms with Crippen LogP contribution < -0.4 is 5.49 Å². The summed E-state index contributed by atoms with van der Waals surface area (Å²) in [6, 6.07) is 2.61. The van der Waals surface area contributed by atoms with Gasteiger partial charge in [-0.25, -0.2) is 4.39 Å². The second-order valence-corrected chi connectivity index (χ2v) is 4.13. The number of pyridine rings is 1. The Hall–Kier alpha value is -1.49. The molecule has 0 radical (unpaired) electrons. The summed E-state index contributed by atoms with van der Waals surface area (Å²) in [6.07, 6.45) is 3.15. The molecule has 1 atom stereocenters. The molecule has 0 unspecified atom stereocenters. The molecule has 1 aliphatic rings. The van der Waals surface area contributed by atoms with Crippen molar-refractivity contribution >= 4 is 5.84 Å². The number of likely N-dealkylation sites (tertiary alicyclic amines) is 1. The van der Waals surface area contributed by atoms with E-state index >= 15 is 0 Å². The first-order valence-electron chi connectivity index (χ1n) is 5.31. The van der Waals surface area contributed by atoms with Crippen molar-refractivity contribution in [1.82, 2.24) is 9.47 Å². The van der Waals surface area contributed by atoms with E-state index < -0.39 is 5.82 Å². The number of aromatic nitrogens is 1. The van der Waals surface area contributed by atoms with E-state index in [1.807, 2.05) is 7.05 Å². The molecule has 86 valence electrons. The van der Waals surface area contributed by atoms with Gasteiger partial charge < -0.3 is 0 Å². The Labute approximate surface area is 93.3 Å². The monoisotopic (exact) mass is 222 g/mol. The largest absolute Gasteiger partial charge is 0.297 e. The minimum Gasteiger partial charge on any atom is -0.297 e. The summed E-state index contributed by atoms with van der Waals surface area (Å²) in [4.78, 5) is 2.07. The molecule has 0 spiro atoms. The summed E-state index contributed by atoms with van der Waals surface area (Å²) < 4.78 is 14.4. The van der Waals surface area contributed by atoms with Crippen molar-refractivity contribution in [1.29, 1.82) is 10.8 Å². The minimum absolute atomic E-state index is 0.00380. The number of halogens is 1. The second-order valence-electron chi connectivity index (χ2n) is 4.13. The zero-order chi connectivity index (χ0) is 11.7.